The van der Waals surface area contributed by atoms with Gasteiger partial charge in [0.15, 0.2) is 0 Å². The molecule has 23 heavy (non-hydrogen) atoms. The third kappa shape index (κ3) is 3.50. The van der Waals surface area contributed by atoms with E-state index in [2.05, 4.69) is 10.3 Å². The highest BCUT2D eigenvalue weighted by Crippen LogP contribution is 2.26. The fourth-order valence-corrected chi connectivity index (χ4v) is 5.44. The van der Waals surface area contributed by atoms with Crippen molar-refractivity contribution < 1.29 is 8.42 Å². The van der Waals surface area contributed by atoms with Gasteiger partial charge >= 0.3 is 4.87 Å². The first-order chi connectivity index (χ1) is 11.0. The van der Waals surface area contributed by atoms with Crippen molar-refractivity contribution in [3.05, 3.63) is 27.9 Å². The van der Waals surface area contributed by atoms with Crippen LogP contribution >= 0.6 is 11.3 Å². The molecule has 0 radical (unpaired) electrons. The van der Waals surface area contributed by atoms with E-state index in [1.807, 2.05) is 0 Å². The summed E-state index contributed by atoms with van der Waals surface area (Å²) >= 11 is 0.935. The minimum absolute atomic E-state index is 0.196. The lowest BCUT2D eigenvalue weighted by Crippen LogP contribution is -2.37. The molecule has 0 unspecified atom stereocenters. The molecule has 0 amide bonds. The summed E-state index contributed by atoms with van der Waals surface area (Å²) in [5.74, 6) is 0. The van der Waals surface area contributed by atoms with E-state index >= 15 is 0 Å². The molecule has 1 heterocycles. The van der Waals surface area contributed by atoms with E-state index in [0.717, 1.165) is 11.3 Å². The SMILES string of the molecule is CN(CCNC1CCCC1)S(=O)(=O)c1cccc2[nH]c(=O)sc12. The first-order valence-electron chi connectivity index (χ1n) is 7.80. The Morgan fingerprint density at radius 2 is 2.09 bits per heavy atom. The van der Waals surface area contributed by atoms with E-state index in [-0.39, 0.29) is 9.77 Å². The van der Waals surface area contributed by atoms with Crippen LogP contribution in [0.25, 0.3) is 10.2 Å². The third-order valence-electron chi connectivity index (χ3n) is 4.31. The number of likely N-dealkylation sites (N-methyl/N-ethyl adjacent to an activating group) is 1. The Hall–Kier alpha value is -1.22. The molecule has 0 atom stereocenters. The summed E-state index contributed by atoms with van der Waals surface area (Å²) in [5.41, 5.74) is 0.568. The molecule has 1 fully saturated rings. The molecular weight excluding hydrogens is 334 g/mol. The van der Waals surface area contributed by atoms with Gasteiger partial charge in [-0.3, -0.25) is 4.79 Å². The van der Waals surface area contributed by atoms with E-state index in [0.29, 0.717) is 29.3 Å². The molecule has 6 nitrogen and oxygen atoms in total. The minimum atomic E-state index is -3.60. The molecule has 1 aliphatic rings. The lowest BCUT2D eigenvalue weighted by molar-refractivity contribution is 0.435. The monoisotopic (exact) mass is 355 g/mol. The number of nitrogens with one attached hydrogen (secondary N) is 2. The Morgan fingerprint density at radius 1 is 1.35 bits per heavy atom. The van der Waals surface area contributed by atoms with Crippen LogP contribution in [0, 0.1) is 0 Å². The number of fused-ring (bicyclic) bond motifs is 1. The van der Waals surface area contributed by atoms with Gasteiger partial charge < -0.3 is 10.3 Å². The van der Waals surface area contributed by atoms with Crippen LogP contribution in [0.3, 0.4) is 0 Å². The number of sulfonamides is 1. The molecule has 8 heteroatoms. The predicted molar refractivity (Wildman–Crippen MR) is 92.5 cm³/mol. The van der Waals surface area contributed by atoms with Gasteiger partial charge in [-0.2, -0.15) is 4.31 Å². The molecule has 1 aromatic heterocycles. The smallest absolute Gasteiger partial charge is 0.305 e. The van der Waals surface area contributed by atoms with Crippen LogP contribution in [-0.4, -0.2) is 43.9 Å². The van der Waals surface area contributed by atoms with Gasteiger partial charge in [0.1, 0.15) is 4.90 Å². The van der Waals surface area contributed by atoms with Crippen LogP contribution in [0.2, 0.25) is 0 Å². The molecule has 1 aromatic carbocycles. The highest BCUT2D eigenvalue weighted by molar-refractivity contribution is 7.89. The summed E-state index contributed by atoms with van der Waals surface area (Å²) in [5, 5.41) is 3.42. The molecule has 1 aliphatic carbocycles. The summed E-state index contributed by atoms with van der Waals surface area (Å²) in [6.45, 7) is 1.05. The Kier molecular flexibility index (Phi) is 4.86. The van der Waals surface area contributed by atoms with Crippen molar-refractivity contribution in [2.24, 2.45) is 0 Å². The van der Waals surface area contributed by atoms with E-state index in [4.69, 9.17) is 0 Å². The second-order valence-electron chi connectivity index (χ2n) is 5.91. The maximum atomic E-state index is 12.8. The van der Waals surface area contributed by atoms with Gasteiger partial charge in [-0.05, 0) is 25.0 Å². The quantitative estimate of drug-likeness (QED) is 0.827. The second kappa shape index (κ2) is 6.72. The first kappa shape index (κ1) is 16.6. The molecule has 2 N–H and O–H groups in total. The summed E-state index contributed by atoms with van der Waals surface area (Å²) in [7, 11) is -2.02. The summed E-state index contributed by atoms with van der Waals surface area (Å²) in [6, 6.07) is 5.45. The Labute approximate surface area is 139 Å². The average molecular weight is 355 g/mol. The zero-order valence-corrected chi connectivity index (χ0v) is 14.7. The Morgan fingerprint density at radius 3 is 2.83 bits per heavy atom. The fourth-order valence-electron chi connectivity index (χ4n) is 2.99. The zero-order valence-electron chi connectivity index (χ0n) is 13.0. The van der Waals surface area contributed by atoms with Crippen LogP contribution in [0.5, 0.6) is 0 Å². The maximum Gasteiger partial charge on any atom is 0.305 e. The number of aromatic amines is 1. The second-order valence-corrected chi connectivity index (χ2v) is 8.91. The van der Waals surface area contributed by atoms with Crippen molar-refractivity contribution in [3.63, 3.8) is 0 Å². The standard InChI is InChI=1S/C15H21N3O3S2/c1-18(10-9-16-11-5-2-3-6-11)23(20,21)13-8-4-7-12-14(13)22-15(19)17-12/h4,7-8,11,16H,2-3,5-6,9-10H2,1H3,(H,17,19). The summed E-state index contributed by atoms with van der Waals surface area (Å²) < 4.78 is 27.4. The first-order valence-corrected chi connectivity index (χ1v) is 10.1. The number of nitrogens with zero attached hydrogens (tertiary/aromatic N) is 1. The molecular formula is C15H21N3O3S2. The maximum absolute atomic E-state index is 12.8. The zero-order chi connectivity index (χ0) is 16.4. The minimum Gasteiger partial charge on any atom is -0.313 e. The number of rotatable bonds is 6. The lowest BCUT2D eigenvalue weighted by Gasteiger charge is -2.19. The van der Waals surface area contributed by atoms with E-state index in [9.17, 15) is 13.2 Å². The average Bonchev–Trinajstić information content (AvgIpc) is 3.14. The molecule has 0 saturated heterocycles. The fraction of sp³-hybridized carbons (Fsp3) is 0.533. The largest absolute Gasteiger partial charge is 0.313 e. The van der Waals surface area contributed by atoms with E-state index in [1.54, 1.807) is 25.2 Å². The van der Waals surface area contributed by atoms with Gasteiger partial charge in [0.05, 0.1) is 10.2 Å². The normalized spacial score (nSPS) is 16.6. The van der Waals surface area contributed by atoms with Crippen molar-refractivity contribution in [1.29, 1.82) is 0 Å². The summed E-state index contributed by atoms with van der Waals surface area (Å²) in [4.78, 5) is 14.1. The van der Waals surface area contributed by atoms with Crippen molar-refractivity contribution >= 4 is 31.6 Å². The van der Waals surface area contributed by atoms with E-state index in [1.165, 1.54) is 30.0 Å². The molecule has 3 rings (SSSR count). The Balaban J connectivity index is 1.75. The van der Waals surface area contributed by atoms with Gasteiger partial charge in [0, 0.05) is 26.2 Å². The van der Waals surface area contributed by atoms with Crippen LogP contribution in [0.1, 0.15) is 25.7 Å². The van der Waals surface area contributed by atoms with Crippen LogP contribution in [-0.2, 0) is 10.0 Å². The molecule has 0 aliphatic heterocycles. The lowest BCUT2D eigenvalue weighted by atomic mass is 10.2. The third-order valence-corrected chi connectivity index (χ3v) is 7.27. The molecule has 0 spiro atoms. The van der Waals surface area contributed by atoms with E-state index < -0.39 is 10.0 Å². The number of thiazole rings is 1. The number of aromatic nitrogens is 1. The van der Waals surface area contributed by atoms with Crippen LogP contribution in [0.15, 0.2) is 27.9 Å². The van der Waals surface area contributed by atoms with Crippen molar-refractivity contribution in [2.45, 2.75) is 36.6 Å². The van der Waals surface area contributed by atoms with Crippen molar-refractivity contribution in [1.82, 2.24) is 14.6 Å². The highest BCUT2D eigenvalue weighted by Gasteiger charge is 2.24. The van der Waals surface area contributed by atoms with Gasteiger partial charge in [-0.25, -0.2) is 8.42 Å². The highest BCUT2D eigenvalue weighted by atomic mass is 32.2. The van der Waals surface area contributed by atoms with Crippen LogP contribution < -0.4 is 10.2 Å². The number of benzene rings is 1. The predicted octanol–water partition coefficient (Wildman–Crippen LogP) is 1.74. The van der Waals surface area contributed by atoms with Gasteiger partial charge in [0.25, 0.3) is 0 Å². The topological polar surface area (TPSA) is 82.3 Å². The molecule has 1 saturated carbocycles. The van der Waals surface area contributed by atoms with Crippen molar-refractivity contribution in [3.8, 4) is 0 Å². The van der Waals surface area contributed by atoms with Crippen LogP contribution in [0.4, 0.5) is 0 Å². The van der Waals surface area contributed by atoms with Gasteiger partial charge in [0.2, 0.25) is 10.0 Å². The number of H-pyrrole nitrogens is 1. The van der Waals surface area contributed by atoms with Gasteiger partial charge in [-0.1, -0.05) is 30.2 Å². The molecule has 126 valence electrons. The van der Waals surface area contributed by atoms with Crippen molar-refractivity contribution in [2.75, 3.05) is 20.1 Å². The number of hydrogen-bond donors (Lipinski definition) is 2. The van der Waals surface area contributed by atoms with Gasteiger partial charge in [-0.15, -0.1) is 0 Å². The Bertz CT molecular complexity index is 835. The number of hydrogen-bond acceptors (Lipinski definition) is 5. The molecule has 0 bridgehead atoms. The molecule has 2 aromatic rings. The summed E-state index contributed by atoms with van der Waals surface area (Å²) in [6.07, 6.45) is 4.85.